The van der Waals surface area contributed by atoms with E-state index >= 15 is 0 Å². The van der Waals surface area contributed by atoms with Crippen molar-refractivity contribution < 1.29 is 19.5 Å². The van der Waals surface area contributed by atoms with Gasteiger partial charge < -0.3 is 14.7 Å². The number of aliphatic hydroxyl groups is 1. The van der Waals surface area contributed by atoms with Crippen LogP contribution in [0.5, 0.6) is 0 Å². The molecule has 0 rings (SSSR count). The molecule has 0 fully saturated rings. The molecule has 5 heteroatoms. The zero-order valence-electron chi connectivity index (χ0n) is 7.61. The van der Waals surface area contributed by atoms with E-state index in [9.17, 15) is 9.90 Å². The predicted octanol–water partition coefficient (Wildman–Crippen LogP) is -0.214. The average molecular weight is 194 g/mol. The van der Waals surface area contributed by atoms with Crippen LogP contribution in [0.25, 0.3) is 0 Å². The van der Waals surface area contributed by atoms with Gasteiger partial charge in [0.25, 0.3) is 0 Å². The molecule has 0 bridgehead atoms. The molecule has 0 saturated carbocycles. The maximum Gasteiger partial charge on any atom is 0.307 e. The number of carbonyl (C=O) groups is 1. The van der Waals surface area contributed by atoms with Crippen LogP contribution in [0.1, 0.15) is 6.42 Å². The van der Waals surface area contributed by atoms with Crippen LogP contribution < -0.4 is 0 Å². The van der Waals surface area contributed by atoms with Crippen molar-refractivity contribution in [3.63, 3.8) is 0 Å². The molecule has 0 amide bonds. The third-order valence-electron chi connectivity index (χ3n) is 1.16. The van der Waals surface area contributed by atoms with Crippen molar-refractivity contribution in [1.82, 2.24) is 0 Å². The fourth-order valence-corrected chi connectivity index (χ4v) is 1.62. The van der Waals surface area contributed by atoms with Gasteiger partial charge in [0.15, 0.2) is 4.93 Å². The molecule has 0 aliphatic carbocycles. The normalized spacial score (nSPS) is 17.1. The molecular weight excluding hydrogens is 178 g/mol. The van der Waals surface area contributed by atoms with E-state index in [4.69, 9.17) is 5.11 Å². The number of aliphatic carboxylic acids is 1. The molecule has 0 aromatic rings. The first-order valence-corrected chi connectivity index (χ1v) is 4.04. The van der Waals surface area contributed by atoms with Crippen LogP contribution in [0.15, 0.2) is 0 Å². The second-order valence-corrected chi connectivity index (χ2v) is 4.83. The van der Waals surface area contributed by atoms with Crippen LogP contribution in [0.4, 0.5) is 0 Å². The Kier molecular flexibility index (Phi) is 3.56. The minimum absolute atomic E-state index is 0.294. The largest absolute Gasteiger partial charge is 0.481 e. The summed E-state index contributed by atoms with van der Waals surface area (Å²) in [5, 5.41) is 17.9. The number of hydrogen-bond acceptors (Lipinski definition) is 3. The van der Waals surface area contributed by atoms with Gasteiger partial charge in [0, 0.05) is 0 Å². The number of hydrogen-bond donors (Lipinski definition) is 3. The van der Waals surface area contributed by atoms with Crippen LogP contribution in [-0.2, 0) is 4.79 Å². The van der Waals surface area contributed by atoms with Gasteiger partial charge in [-0.25, -0.2) is 0 Å². The first-order chi connectivity index (χ1) is 5.12. The Morgan fingerprint density at radius 3 is 2.17 bits per heavy atom. The lowest BCUT2D eigenvalue weighted by Crippen LogP contribution is -2.47. The van der Waals surface area contributed by atoms with E-state index in [1.54, 1.807) is 0 Å². The summed E-state index contributed by atoms with van der Waals surface area (Å²) >= 11 is 3.88. The van der Waals surface area contributed by atoms with Gasteiger partial charge in [-0.2, -0.15) is 0 Å². The van der Waals surface area contributed by atoms with Gasteiger partial charge in [0.2, 0.25) is 0 Å². The van der Waals surface area contributed by atoms with Crippen molar-refractivity contribution in [2.24, 2.45) is 0 Å². The van der Waals surface area contributed by atoms with E-state index in [2.05, 4.69) is 12.6 Å². The Hall–Kier alpha value is -0.260. The van der Waals surface area contributed by atoms with Gasteiger partial charge in [-0.15, -0.1) is 12.6 Å². The summed E-state index contributed by atoms with van der Waals surface area (Å²) in [5.74, 6) is -1.04. The van der Waals surface area contributed by atoms with E-state index < -0.39 is 10.9 Å². The van der Waals surface area contributed by atoms with Gasteiger partial charge in [0.1, 0.15) is 6.54 Å². The summed E-state index contributed by atoms with van der Waals surface area (Å²) in [6.45, 7) is 0.294. The highest BCUT2D eigenvalue weighted by atomic mass is 32.1. The molecule has 0 saturated heterocycles. The monoisotopic (exact) mass is 194 g/mol. The second kappa shape index (κ2) is 3.64. The maximum absolute atomic E-state index is 10.3. The number of carboxylic acids is 1. The van der Waals surface area contributed by atoms with Crippen molar-refractivity contribution >= 4 is 18.6 Å². The molecule has 12 heavy (non-hydrogen) atoms. The minimum atomic E-state index is -1.43. The van der Waals surface area contributed by atoms with E-state index in [0.29, 0.717) is 11.0 Å². The summed E-state index contributed by atoms with van der Waals surface area (Å²) < 4.78 is 0.479. The lowest BCUT2D eigenvalue weighted by molar-refractivity contribution is -0.874. The van der Waals surface area contributed by atoms with Crippen molar-refractivity contribution in [2.75, 3.05) is 27.7 Å². The molecule has 0 aromatic heterocycles. The molecule has 0 aliphatic heterocycles. The summed E-state index contributed by atoms with van der Waals surface area (Å²) in [6.07, 6.45) is -0.342. The zero-order valence-corrected chi connectivity index (χ0v) is 8.51. The van der Waals surface area contributed by atoms with Gasteiger partial charge in [0.05, 0.1) is 27.6 Å². The second-order valence-electron chi connectivity index (χ2n) is 4.00. The molecule has 0 aromatic carbocycles. The van der Waals surface area contributed by atoms with Gasteiger partial charge in [-0.3, -0.25) is 4.79 Å². The van der Waals surface area contributed by atoms with E-state index in [0.717, 1.165) is 0 Å². The van der Waals surface area contributed by atoms with Crippen molar-refractivity contribution in [2.45, 2.75) is 11.4 Å². The molecule has 0 aliphatic rings. The van der Waals surface area contributed by atoms with E-state index in [1.807, 2.05) is 21.1 Å². The van der Waals surface area contributed by atoms with Gasteiger partial charge in [-0.1, -0.05) is 0 Å². The number of quaternary nitrogens is 1. The van der Waals surface area contributed by atoms with Crippen molar-refractivity contribution in [3.05, 3.63) is 0 Å². The van der Waals surface area contributed by atoms with E-state index in [-0.39, 0.29) is 6.42 Å². The predicted molar refractivity (Wildman–Crippen MR) is 49.1 cm³/mol. The maximum atomic E-state index is 10.3. The van der Waals surface area contributed by atoms with Gasteiger partial charge in [-0.05, 0) is 0 Å². The first-order valence-electron chi connectivity index (χ1n) is 3.59. The Morgan fingerprint density at radius 1 is 1.50 bits per heavy atom. The number of nitrogens with zero attached hydrogens (tertiary/aromatic N) is 1. The molecule has 1 unspecified atom stereocenters. The van der Waals surface area contributed by atoms with Crippen LogP contribution in [0, 0.1) is 0 Å². The van der Waals surface area contributed by atoms with Crippen LogP contribution in [0.3, 0.4) is 0 Å². The molecule has 4 nitrogen and oxygen atoms in total. The quantitative estimate of drug-likeness (QED) is 0.329. The lowest BCUT2D eigenvalue weighted by Gasteiger charge is -2.31. The van der Waals surface area contributed by atoms with Crippen molar-refractivity contribution in [1.29, 1.82) is 0 Å². The highest BCUT2D eigenvalue weighted by Gasteiger charge is 2.31. The third-order valence-corrected chi connectivity index (χ3v) is 1.46. The van der Waals surface area contributed by atoms with E-state index in [1.165, 1.54) is 0 Å². The summed E-state index contributed by atoms with van der Waals surface area (Å²) in [7, 11) is 5.59. The molecule has 1 atom stereocenters. The molecule has 0 heterocycles. The smallest absolute Gasteiger partial charge is 0.307 e. The Balaban J connectivity index is 4.13. The summed E-state index contributed by atoms with van der Waals surface area (Å²) in [4.78, 5) is 8.86. The van der Waals surface area contributed by atoms with Crippen molar-refractivity contribution in [3.8, 4) is 0 Å². The Bertz CT molecular complexity index is 174. The highest BCUT2D eigenvalue weighted by molar-refractivity contribution is 7.81. The number of rotatable bonds is 4. The molecular formula is C7H16NO3S+. The lowest BCUT2D eigenvalue weighted by atomic mass is 10.2. The van der Waals surface area contributed by atoms with Crippen LogP contribution in [-0.4, -0.2) is 53.3 Å². The zero-order chi connectivity index (χ0) is 9.99. The standard InChI is InChI=1S/C7H15NO3S/c1-8(2,3)5-7(11,12)4-6(9)10/h11H,4-5H2,1-3H3,(H-,9,10,12)/p+1. The number of thiol groups is 1. The Labute approximate surface area is 77.8 Å². The summed E-state index contributed by atoms with van der Waals surface area (Å²) in [5.41, 5.74) is 0. The number of likely N-dealkylation sites (N-methyl/N-ethyl adjacent to an activating group) is 1. The Morgan fingerprint density at radius 2 is 1.92 bits per heavy atom. The minimum Gasteiger partial charge on any atom is -0.481 e. The molecule has 2 N–H and O–H groups in total. The fraction of sp³-hybridized carbons (Fsp3) is 0.857. The van der Waals surface area contributed by atoms with Crippen LogP contribution >= 0.6 is 12.6 Å². The SMILES string of the molecule is C[N+](C)(C)CC(O)(S)CC(=O)O. The summed E-state index contributed by atoms with van der Waals surface area (Å²) in [6, 6.07) is 0. The molecule has 0 spiro atoms. The van der Waals surface area contributed by atoms with Crippen LogP contribution in [0.2, 0.25) is 0 Å². The molecule has 72 valence electrons. The third kappa shape index (κ3) is 6.45. The van der Waals surface area contributed by atoms with Gasteiger partial charge >= 0.3 is 5.97 Å². The highest BCUT2D eigenvalue weighted by Crippen LogP contribution is 2.18. The number of carboxylic acid groups (broad SMARTS) is 1. The topological polar surface area (TPSA) is 57.5 Å². The average Bonchev–Trinajstić information content (AvgIpc) is 1.48. The molecule has 0 radical (unpaired) electrons. The first kappa shape index (κ1) is 11.7. The fourth-order valence-electron chi connectivity index (χ4n) is 1.06.